The van der Waals surface area contributed by atoms with Crippen LogP contribution in [0.1, 0.15) is 23.2 Å². The minimum atomic E-state index is -1.02. The molecule has 0 aliphatic rings. The first-order valence-corrected chi connectivity index (χ1v) is 5.48. The van der Waals surface area contributed by atoms with Crippen molar-refractivity contribution in [1.29, 1.82) is 0 Å². The van der Waals surface area contributed by atoms with Crippen LogP contribution in [0.3, 0.4) is 0 Å². The summed E-state index contributed by atoms with van der Waals surface area (Å²) in [6.07, 6.45) is 1.57. The summed E-state index contributed by atoms with van der Waals surface area (Å²) in [6, 6.07) is 3.06. The van der Waals surface area contributed by atoms with Crippen LogP contribution in [0.25, 0.3) is 0 Å². The van der Waals surface area contributed by atoms with E-state index in [2.05, 4.69) is 5.32 Å². The molecule has 0 spiro atoms. The third-order valence-electron chi connectivity index (χ3n) is 2.03. The summed E-state index contributed by atoms with van der Waals surface area (Å²) in [6.45, 7) is 0.477. The Labute approximate surface area is 97.6 Å². The first-order chi connectivity index (χ1) is 7.65. The SMILES string of the molecule is O=C(NCCCCCl)c1ccc(F)c(F)c1. The van der Waals surface area contributed by atoms with Crippen LogP contribution in [-0.2, 0) is 0 Å². The molecule has 0 atom stereocenters. The Morgan fingerprint density at radius 3 is 2.62 bits per heavy atom. The summed E-state index contributed by atoms with van der Waals surface area (Å²) >= 11 is 5.47. The third kappa shape index (κ3) is 3.77. The maximum Gasteiger partial charge on any atom is 0.251 e. The Hall–Kier alpha value is -1.16. The van der Waals surface area contributed by atoms with Crippen molar-refractivity contribution in [1.82, 2.24) is 5.32 Å². The highest BCUT2D eigenvalue weighted by atomic mass is 35.5. The molecule has 0 radical (unpaired) electrons. The van der Waals surface area contributed by atoms with Crippen LogP contribution in [-0.4, -0.2) is 18.3 Å². The molecular formula is C11H12ClF2NO. The predicted molar refractivity (Wildman–Crippen MR) is 58.6 cm³/mol. The molecular weight excluding hydrogens is 236 g/mol. The van der Waals surface area contributed by atoms with Crippen LogP contribution in [0.4, 0.5) is 8.78 Å². The van der Waals surface area contributed by atoms with E-state index >= 15 is 0 Å². The number of nitrogens with one attached hydrogen (secondary N) is 1. The van der Waals surface area contributed by atoms with Crippen LogP contribution in [0.15, 0.2) is 18.2 Å². The lowest BCUT2D eigenvalue weighted by Crippen LogP contribution is -2.24. The van der Waals surface area contributed by atoms with E-state index in [0.29, 0.717) is 12.4 Å². The van der Waals surface area contributed by atoms with Gasteiger partial charge in [-0.15, -0.1) is 11.6 Å². The second kappa shape index (κ2) is 6.43. The van der Waals surface area contributed by atoms with E-state index in [1.165, 1.54) is 6.07 Å². The van der Waals surface area contributed by atoms with Gasteiger partial charge in [-0.3, -0.25) is 4.79 Å². The second-order valence-corrected chi connectivity index (χ2v) is 3.66. The smallest absolute Gasteiger partial charge is 0.251 e. The highest BCUT2D eigenvalue weighted by Gasteiger charge is 2.08. The van der Waals surface area contributed by atoms with Gasteiger partial charge in [0.25, 0.3) is 5.91 Å². The molecule has 0 aliphatic heterocycles. The summed E-state index contributed by atoms with van der Waals surface area (Å²) in [5, 5.41) is 2.59. The average molecular weight is 248 g/mol. The number of alkyl halides is 1. The summed E-state index contributed by atoms with van der Waals surface area (Å²) in [4.78, 5) is 11.4. The van der Waals surface area contributed by atoms with Gasteiger partial charge in [-0.1, -0.05) is 0 Å². The molecule has 1 aromatic carbocycles. The van der Waals surface area contributed by atoms with Crippen molar-refractivity contribution in [2.45, 2.75) is 12.8 Å². The van der Waals surface area contributed by atoms with Gasteiger partial charge in [0.2, 0.25) is 0 Å². The maximum atomic E-state index is 12.8. The zero-order valence-electron chi connectivity index (χ0n) is 8.60. The number of halogens is 3. The van der Waals surface area contributed by atoms with Gasteiger partial charge in [-0.2, -0.15) is 0 Å². The van der Waals surface area contributed by atoms with E-state index in [-0.39, 0.29) is 5.56 Å². The Balaban J connectivity index is 2.50. The van der Waals surface area contributed by atoms with Gasteiger partial charge in [0.05, 0.1) is 0 Å². The van der Waals surface area contributed by atoms with E-state index in [4.69, 9.17) is 11.6 Å². The number of benzene rings is 1. The highest BCUT2D eigenvalue weighted by Crippen LogP contribution is 2.08. The van der Waals surface area contributed by atoms with Crippen molar-refractivity contribution in [3.05, 3.63) is 35.4 Å². The number of amides is 1. The van der Waals surface area contributed by atoms with Gasteiger partial charge in [0, 0.05) is 18.0 Å². The van der Waals surface area contributed by atoms with Crippen molar-refractivity contribution in [2.75, 3.05) is 12.4 Å². The molecule has 0 aliphatic carbocycles. The van der Waals surface area contributed by atoms with E-state index in [0.717, 1.165) is 25.0 Å². The molecule has 1 N–H and O–H groups in total. The van der Waals surface area contributed by atoms with Crippen LogP contribution < -0.4 is 5.32 Å². The number of unbranched alkanes of at least 4 members (excludes halogenated alkanes) is 1. The lowest BCUT2D eigenvalue weighted by atomic mass is 10.2. The van der Waals surface area contributed by atoms with Crippen molar-refractivity contribution in [3.63, 3.8) is 0 Å². The van der Waals surface area contributed by atoms with E-state index in [9.17, 15) is 13.6 Å². The van der Waals surface area contributed by atoms with Gasteiger partial charge in [-0.25, -0.2) is 8.78 Å². The Kier molecular flexibility index (Phi) is 5.19. The highest BCUT2D eigenvalue weighted by molar-refractivity contribution is 6.17. The topological polar surface area (TPSA) is 29.1 Å². The quantitative estimate of drug-likeness (QED) is 0.629. The van der Waals surface area contributed by atoms with Gasteiger partial charge in [0.15, 0.2) is 11.6 Å². The number of rotatable bonds is 5. The van der Waals surface area contributed by atoms with Crippen LogP contribution in [0.2, 0.25) is 0 Å². The summed E-state index contributed by atoms with van der Waals surface area (Å²) in [5.74, 6) is -1.85. The molecule has 16 heavy (non-hydrogen) atoms. The molecule has 0 unspecified atom stereocenters. The van der Waals surface area contributed by atoms with Crippen molar-refractivity contribution in [2.24, 2.45) is 0 Å². The van der Waals surface area contributed by atoms with E-state index in [1.54, 1.807) is 0 Å². The molecule has 5 heteroatoms. The molecule has 88 valence electrons. The van der Waals surface area contributed by atoms with Crippen molar-refractivity contribution >= 4 is 17.5 Å². The summed E-state index contributed by atoms with van der Waals surface area (Å²) in [5.41, 5.74) is 0.116. The molecule has 0 aromatic heterocycles. The third-order valence-corrected chi connectivity index (χ3v) is 2.30. The zero-order chi connectivity index (χ0) is 12.0. The fraction of sp³-hybridized carbons (Fsp3) is 0.364. The minimum absolute atomic E-state index is 0.116. The molecule has 0 fully saturated rings. The first kappa shape index (κ1) is 12.9. The minimum Gasteiger partial charge on any atom is -0.352 e. The fourth-order valence-electron chi connectivity index (χ4n) is 1.16. The summed E-state index contributed by atoms with van der Waals surface area (Å²) in [7, 11) is 0. The molecule has 1 aromatic rings. The molecule has 0 saturated carbocycles. The molecule has 1 rings (SSSR count). The largest absolute Gasteiger partial charge is 0.352 e. The van der Waals surface area contributed by atoms with Crippen molar-refractivity contribution in [3.8, 4) is 0 Å². The molecule has 2 nitrogen and oxygen atoms in total. The zero-order valence-corrected chi connectivity index (χ0v) is 9.36. The lowest BCUT2D eigenvalue weighted by Gasteiger charge is -2.04. The van der Waals surface area contributed by atoms with E-state index in [1.807, 2.05) is 0 Å². The fourth-order valence-corrected chi connectivity index (χ4v) is 1.35. The Morgan fingerprint density at radius 2 is 2.00 bits per heavy atom. The number of hydrogen-bond acceptors (Lipinski definition) is 1. The van der Waals surface area contributed by atoms with Gasteiger partial charge in [-0.05, 0) is 31.0 Å². The van der Waals surface area contributed by atoms with Crippen molar-refractivity contribution < 1.29 is 13.6 Å². The first-order valence-electron chi connectivity index (χ1n) is 4.94. The van der Waals surface area contributed by atoms with Crippen LogP contribution in [0.5, 0.6) is 0 Å². The number of hydrogen-bond donors (Lipinski definition) is 1. The summed E-state index contributed by atoms with van der Waals surface area (Å²) < 4.78 is 25.4. The molecule has 0 bridgehead atoms. The predicted octanol–water partition coefficient (Wildman–Crippen LogP) is 2.71. The van der Waals surface area contributed by atoms with Gasteiger partial charge < -0.3 is 5.32 Å². The van der Waals surface area contributed by atoms with Crippen LogP contribution >= 0.6 is 11.6 Å². The number of carbonyl (C=O) groups excluding carboxylic acids is 1. The average Bonchev–Trinajstić information content (AvgIpc) is 2.28. The lowest BCUT2D eigenvalue weighted by molar-refractivity contribution is 0.0952. The molecule has 0 heterocycles. The second-order valence-electron chi connectivity index (χ2n) is 3.28. The number of carbonyl (C=O) groups is 1. The normalized spacial score (nSPS) is 10.2. The Morgan fingerprint density at radius 1 is 1.25 bits per heavy atom. The maximum absolute atomic E-state index is 12.8. The van der Waals surface area contributed by atoms with Gasteiger partial charge >= 0.3 is 0 Å². The van der Waals surface area contributed by atoms with Crippen LogP contribution in [0, 0.1) is 11.6 Å². The van der Waals surface area contributed by atoms with E-state index < -0.39 is 17.5 Å². The Bertz CT molecular complexity index is 371. The molecule has 0 saturated heterocycles. The monoisotopic (exact) mass is 247 g/mol. The van der Waals surface area contributed by atoms with Gasteiger partial charge in [0.1, 0.15) is 0 Å². The standard InChI is InChI=1S/C11H12ClF2NO/c12-5-1-2-6-15-11(16)8-3-4-9(13)10(14)7-8/h3-4,7H,1-2,5-6H2,(H,15,16). The molecule has 1 amide bonds.